The molecule has 3 rings (SSSR count). The summed E-state index contributed by atoms with van der Waals surface area (Å²) in [5.74, 6) is -0.641. The summed E-state index contributed by atoms with van der Waals surface area (Å²) in [4.78, 5) is 39.3. The molecule has 43 heavy (non-hydrogen) atoms. The van der Waals surface area contributed by atoms with Gasteiger partial charge < -0.3 is 0 Å². The van der Waals surface area contributed by atoms with Crippen molar-refractivity contribution >= 4 is 77.3 Å². The number of rotatable bonds is 15. The van der Waals surface area contributed by atoms with Gasteiger partial charge in [-0.05, 0) is 0 Å². The van der Waals surface area contributed by atoms with Gasteiger partial charge in [-0.15, -0.1) is 0 Å². The van der Waals surface area contributed by atoms with Crippen LogP contribution in [0.15, 0.2) is 162 Å². The summed E-state index contributed by atoms with van der Waals surface area (Å²) in [6.07, 6.45) is 13.7. The number of amides is 3. The second-order valence-corrected chi connectivity index (χ2v) is 28.3. The molecule has 0 saturated carbocycles. The van der Waals surface area contributed by atoms with Gasteiger partial charge in [-0.3, -0.25) is 0 Å². The predicted molar refractivity (Wildman–Crippen MR) is 187 cm³/mol. The fraction of sp³-hybridized carbons (Fsp3) is 0. The van der Waals surface area contributed by atoms with Crippen molar-refractivity contribution < 1.29 is 14.4 Å². The zero-order chi connectivity index (χ0) is 30.9. The van der Waals surface area contributed by atoms with Gasteiger partial charge in [0.2, 0.25) is 0 Å². The van der Waals surface area contributed by atoms with E-state index in [-0.39, 0.29) is 17.7 Å². The molecule has 0 radical (unpaired) electrons. The standard InChI is InChI=1S/3C11H11NOS.Sb/c3*1-2-3-4-11(13)12-9-5-7-10(14)8-6-9;/h3*2-8,14H,1H2,(H,12,13);/q;;;+3/p-3. The second kappa shape index (κ2) is 18.8. The Bertz CT molecular complexity index is 1330. The second-order valence-electron chi connectivity index (χ2n) is 8.32. The first-order valence-corrected chi connectivity index (χ1v) is 24.5. The maximum atomic E-state index is 12.0. The van der Waals surface area contributed by atoms with Crippen LogP contribution in [0.3, 0.4) is 0 Å². The van der Waals surface area contributed by atoms with Crippen molar-refractivity contribution in [3.05, 3.63) is 147 Å². The normalized spacial score (nSPS) is 11.1. The van der Waals surface area contributed by atoms with E-state index in [1.807, 2.05) is 99.3 Å². The molecule has 0 aromatic heterocycles. The molecule has 10 heteroatoms. The zero-order valence-corrected chi connectivity index (χ0v) is 28.1. The van der Waals surface area contributed by atoms with E-state index in [0.29, 0.717) is 17.1 Å². The molecule has 3 amide bonds. The summed E-state index contributed by atoms with van der Waals surface area (Å²) in [6, 6.07) is 23.5. The third kappa shape index (κ3) is 13.1. The van der Waals surface area contributed by atoms with Crippen LogP contribution >= 0.6 is 26.5 Å². The Morgan fingerprint density at radius 1 is 0.488 bits per heavy atom. The van der Waals surface area contributed by atoms with Crippen LogP contribution < -0.4 is 16.0 Å². The molecule has 0 aliphatic rings. The van der Waals surface area contributed by atoms with Crippen LogP contribution in [0.5, 0.6) is 0 Å². The van der Waals surface area contributed by atoms with Crippen LogP contribution in [0.25, 0.3) is 0 Å². The zero-order valence-electron chi connectivity index (χ0n) is 23.1. The van der Waals surface area contributed by atoms with Crippen LogP contribution in [0.1, 0.15) is 0 Å². The molecular formula is C33H30N3O3S3Sb. The number of anilines is 3. The average molecular weight is 735 g/mol. The van der Waals surface area contributed by atoms with Crippen molar-refractivity contribution in [3.63, 3.8) is 0 Å². The Morgan fingerprint density at radius 3 is 0.977 bits per heavy atom. The van der Waals surface area contributed by atoms with Crippen LogP contribution in [0.4, 0.5) is 17.1 Å². The van der Waals surface area contributed by atoms with Gasteiger partial charge in [0.1, 0.15) is 0 Å². The van der Waals surface area contributed by atoms with Crippen molar-refractivity contribution in [2.75, 3.05) is 16.0 Å². The Hall–Kier alpha value is -3.62. The van der Waals surface area contributed by atoms with E-state index >= 15 is 0 Å². The van der Waals surface area contributed by atoms with Crippen molar-refractivity contribution in [1.82, 2.24) is 0 Å². The van der Waals surface area contributed by atoms with Gasteiger partial charge in [0.05, 0.1) is 0 Å². The Labute approximate surface area is 267 Å². The molecule has 218 valence electrons. The number of allylic oxidation sites excluding steroid dienone is 6. The number of hydrogen-bond acceptors (Lipinski definition) is 6. The van der Waals surface area contributed by atoms with E-state index < -0.39 is 16.0 Å². The van der Waals surface area contributed by atoms with Crippen LogP contribution in [-0.4, -0.2) is 33.7 Å². The van der Waals surface area contributed by atoms with Crippen molar-refractivity contribution in [2.45, 2.75) is 14.7 Å². The van der Waals surface area contributed by atoms with Crippen LogP contribution in [-0.2, 0) is 14.4 Å². The summed E-state index contributed by atoms with van der Waals surface area (Å²) in [7, 11) is 5.58. The van der Waals surface area contributed by atoms with Gasteiger partial charge in [0.15, 0.2) is 0 Å². The third-order valence-corrected chi connectivity index (χ3v) is 25.2. The van der Waals surface area contributed by atoms with E-state index in [0.717, 1.165) is 14.7 Å². The molecule has 0 bridgehead atoms. The first-order valence-electron chi connectivity index (χ1n) is 12.8. The van der Waals surface area contributed by atoms with Crippen molar-refractivity contribution in [1.29, 1.82) is 0 Å². The van der Waals surface area contributed by atoms with Gasteiger partial charge >= 0.3 is 270 Å². The topological polar surface area (TPSA) is 87.3 Å². The molecule has 3 N–H and O–H groups in total. The van der Waals surface area contributed by atoms with Gasteiger partial charge in [-0.2, -0.15) is 0 Å². The Kier molecular flexibility index (Phi) is 14.8. The predicted octanol–water partition coefficient (Wildman–Crippen LogP) is 8.39. The van der Waals surface area contributed by atoms with Gasteiger partial charge in [-0.1, -0.05) is 0 Å². The fourth-order valence-corrected chi connectivity index (χ4v) is 25.7. The molecule has 0 heterocycles. The first-order chi connectivity index (χ1) is 20.9. The molecule has 0 fully saturated rings. The minimum absolute atomic E-state index is 0.214. The number of benzene rings is 3. The van der Waals surface area contributed by atoms with E-state index in [1.54, 1.807) is 36.5 Å². The summed E-state index contributed by atoms with van der Waals surface area (Å²) in [5, 5.41) is 8.52. The van der Waals surface area contributed by atoms with E-state index in [4.69, 9.17) is 0 Å². The monoisotopic (exact) mass is 733 g/mol. The van der Waals surface area contributed by atoms with Gasteiger partial charge in [-0.25, -0.2) is 0 Å². The van der Waals surface area contributed by atoms with Crippen LogP contribution in [0, 0.1) is 0 Å². The summed E-state index contributed by atoms with van der Waals surface area (Å²) in [6.45, 7) is 10.7. The molecule has 0 aliphatic carbocycles. The SMILES string of the molecule is C=CC=CC(=O)Nc1ccc([S][Sb]([S]c2ccc(NC(=O)C=CC=C)cc2)[S]c2ccc(NC(=O)C=CC=C)cc2)cc1. The van der Waals surface area contributed by atoms with Gasteiger partial charge in [0, 0.05) is 0 Å². The van der Waals surface area contributed by atoms with E-state index in [1.165, 1.54) is 18.2 Å². The minimum atomic E-state index is -2.21. The molecule has 0 atom stereocenters. The maximum absolute atomic E-state index is 12.0. The molecule has 0 spiro atoms. The Balaban J connectivity index is 1.73. The first kappa shape index (κ1) is 33.9. The van der Waals surface area contributed by atoms with Gasteiger partial charge in [0.25, 0.3) is 0 Å². The molecule has 3 aromatic carbocycles. The average Bonchev–Trinajstić information content (AvgIpc) is 3.01. The van der Waals surface area contributed by atoms with Crippen molar-refractivity contribution in [3.8, 4) is 0 Å². The summed E-state index contributed by atoms with van der Waals surface area (Å²) in [5.41, 5.74) is 2.15. The van der Waals surface area contributed by atoms with E-state index in [2.05, 4.69) is 35.7 Å². The molecule has 0 unspecified atom stereocenters. The van der Waals surface area contributed by atoms with Crippen molar-refractivity contribution in [2.24, 2.45) is 0 Å². The Morgan fingerprint density at radius 2 is 0.744 bits per heavy atom. The summed E-state index contributed by atoms with van der Waals surface area (Å²) < 4.78 is 0. The number of carbonyl (C=O) groups is 3. The number of hydrogen-bond donors (Lipinski definition) is 3. The quantitative estimate of drug-likeness (QED) is 0.0827. The number of nitrogens with one attached hydrogen (secondary N) is 3. The molecule has 3 aromatic rings. The molecule has 0 saturated heterocycles. The third-order valence-electron chi connectivity index (χ3n) is 5.06. The molecular weight excluding hydrogens is 704 g/mol. The fourth-order valence-electron chi connectivity index (χ4n) is 3.13. The molecule has 6 nitrogen and oxygen atoms in total. The van der Waals surface area contributed by atoms with Crippen LogP contribution in [0.2, 0.25) is 0 Å². The van der Waals surface area contributed by atoms with E-state index in [9.17, 15) is 14.4 Å². The molecule has 0 aliphatic heterocycles. The summed E-state index contributed by atoms with van der Waals surface area (Å²) >= 11 is -2.21. The number of carbonyl (C=O) groups excluding carboxylic acids is 3.